The summed E-state index contributed by atoms with van der Waals surface area (Å²) in [5.74, 6) is 0.922. The molecule has 1 heterocycles. The first-order valence-electron chi connectivity index (χ1n) is 8.24. The lowest BCUT2D eigenvalue weighted by Gasteiger charge is -2.49. The summed E-state index contributed by atoms with van der Waals surface area (Å²) in [6, 6.07) is 2.00. The predicted octanol–water partition coefficient (Wildman–Crippen LogP) is 2.65. The molecule has 0 amide bonds. The Kier molecular flexibility index (Phi) is 5.67. The molecular formula is C16H32N2O. The third-order valence-electron chi connectivity index (χ3n) is 5.28. The Balaban J connectivity index is 2.09. The van der Waals surface area contributed by atoms with Gasteiger partial charge in [-0.1, -0.05) is 20.3 Å². The standard InChI is InChI=1S/C16H32N2O/c1-5-13-7-8-15(17-4)16(9-13)18-10-12(3)19-11-14(18)6-2/h12-17H,5-11H2,1-4H3. The van der Waals surface area contributed by atoms with Gasteiger partial charge in [-0.15, -0.1) is 0 Å². The number of hydrogen-bond donors (Lipinski definition) is 1. The van der Waals surface area contributed by atoms with E-state index in [4.69, 9.17) is 4.74 Å². The van der Waals surface area contributed by atoms with E-state index in [-0.39, 0.29) is 0 Å². The Bertz CT molecular complexity index is 271. The van der Waals surface area contributed by atoms with E-state index in [2.05, 4.69) is 38.0 Å². The molecule has 3 heteroatoms. The van der Waals surface area contributed by atoms with Crippen LogP contribution in [0.5, 0.6) is 0 Å². The number of nitrogens with one attached hydrogen (secondary N) is 1. The number of hydrogen-bond acceptors (Lipinski definition) is 3. The highest BCUT2D eigenvalue weighted by atomic mass is 16.5. The van der Waals surface area contributed by atoms with Crippen LogP contribution in [0, 0.1) is 5.92 Å². The van der Waals surface area contributed by atoms with Gasteiger partial charge in [-0.3, -0.25) is 4.90 Å². The van der Waals surface area contributed by atoms with Crippen LogP contribution < -0.4 is 5.32 Å². The molecule has 2 rings (SSSR count). The minimum Gasteiger partial charge on any atom is -0.376 e. The molecule has 0 aromatic rings. The van der Waals surface area contributed by atoms with Crippen LogP contribution in [-0.4, -0.2) is 49.3 Å². The summed E-state index contributed by atoms with van der Waals surface area (Å²) in [7, 11) is 2.13. The molecule has 1 aliphatic carbocycles. The fourth-order valence-corrected chi connectivity index (χ4v) is 3.93. The van der Waals surface area contributed by atoms with Gasteiger partial charge in [-0.25, -0.2) is 0 Å². The Labute approximate surface area is 119 Å². The quantitative estimate of drug-likeness (QED) is 0.848. The van der Waals surface area contributed by atoms with Gasteiger partial charge in [-0.05, 0) is 45.6 Å². The lowest BCUT2D eigenvalue weighted by molar-refractivity contribution is -0.0857. The van der Waals surface area contributed by atoms with Gasteiger partial charge < -0.3 is 10.1 Å². The first kappa shape index (κ1) is 15.3. The van der Waals surface area contributed by atoms with E-state index in [1.807, 2.05) is 0 Å². The van der Waals surface area contributed by atoms with Crippen molar-refractivity contribution < 1.29 is 4.74 Å². The molecule has 0 radical (unpaired) electrons. The molecule has 2 aliphatic rings. The topological polar surface area (TPSA) is 24.5 Å². The molecular weight excluding hydrogens is 236 g/mol. The maximum absolute atomic E-state index is 5.86. The van der Waals surface area contributed by atoms with Crippen LogP contribution in [0.1, 0.15) is 52.9 Å². The molecule has 2 fully saturated rings. The molecule has 5 atom stereocenters. The minimum absolute atomic E-state index is 0.391. The van der Waals surface area contributed by atoms with Crippen LogP contribution >= 0.6 is 0 Å². The van der Waals surface area contributed by atoms with Crippen molar-refractivity contribution in [2.24, 2.45) is 5.92 Å². The van der Waals surface area contributed by atoms with Gasteiger partial charge in [0.05, 0.1) is 12.7 Å². The Morgan fingerprint density at radius 2 is 2.00 bits per heavy atom. The van der Waals surface area contributed by atoms with Crippen LogP contribution in [0.3, 0.4) is 0 Å². The normalized spacial score (nSPS) is 41.4. The van der Waals surface area contributed by atoms with Crippen molar-refractivity contribution in [3.8, 4) is 0 Å². The van der Waals surface area contributed by atoms with E-state index in [0.717, 1.165) is 19.1 Å². The van der Waals surface area contributed by atoms with Crippen molar-refractivity contribution in [2.45, 2.75) is 77.1 Å². The molecule has 5 unspecified atom stereocenters. The summed E-state index contributed by atoms with van der Waals surface area (Å²) < 4.78 is 5.86. The van der Waals surface area contributed by atoms with Crippen molar-refractivity contribution in [3.05, 3.63) is 0 Å². The number of rotatable bonds is 4. The summed E-state index contributed by atoms with van der Waals surface area (Å²) >= 11 is 0. The van der Waals surface area contributed by atoms with E-state index in [1.54, 1.807) is 0 Å². The van der Waals surface area contributed by atoms with Gasteiger partial charge in [0.2, 0.25) is 0 Å². The van der Waals surface area contributed by atoms with E-state index in [1.165, 1.54) is 32.1 Å². The van der Waals surface area contributed by atoms with Crippen molar-refractivity contribution in [1.29, 1.82) is 0 Å². The van der Waals surface area contributed by atoms with Crippen LogP contribution in [0.4, 0.5) is 0 Å². The number of ether oxygens (including phenoxy) is 1. The van der Waals surface area contributed by atoms with Crippen molar-refractivity contribution in [1.82, 2.24) is 10.2 Å². The third-order valence-corrected chi connectivity index (χ3v) is 5.28. The van der Waals surface area contributed by atoms with Gasteiger partial charge in [0.15, 0.2) is 0 Å². The van der Waals surface area contributed by atoms with Gasteiger partial charge in [0.1, 0.15) is 0 Å². The smallest absolute Gasteiger partial charge is 0.0674 e. The second-order valence-corrected chi connectivity index (χ2v) is 6.45. The molecule has 0 aromatic carbocycles. The minimum atomic E-state index is 0.391. The molecule has 112 valence electrons. The summed E-state index contributed by atoms with van der Waals surface area (Å²) in [4.78, 5) is 2.76. The largest absolute Gasteiger partial charge is 0.376 e. The van der Waals surface area contributed by atoms with Gasteiger partial charge in [-0.2, -0.15) is 0 Å². The SMILES string of the molecule is CCC1CCC(NC)C(N2CC(C)OCC2CC)C1. The van der Waals surface area contributed by atoms with Crippen LogP contribution in [0.2, 0.25) is 0 Å². The summed E-state index contributed by atoms with van der Waals surface area (Å²) in [6.45, 7) is 8.89. The molecule has 3 nitrogen and oxygen atoms in total. The third kappa shape index (κ3) is 3.50. The van der Waals surface area contributed by atoms with E-state index >= 15 is 0 Å². The lowest BCUT2D eigenvalue weighted by Crippen LogP contribution is -2.60. The number of nitrogens with zero attached hydrogens (tertiary/aromatic N) is 1. The van der Waals surface area contributed by atoms with Crippen LogP contribution in [0.25, 0.3) is 0 Å². The predicted molar refractivity (Wildman–Crippen MR) is 80.5 cm³/mol. The lowest BCUT2D eigenvalue weighted by atomic mass is 9.79. The zero-order chi connectivity index (χ0) is 13.8. The highest BCUT2D eigenvalue weighted by Crippen LogP contribution is 2.32. The highest BCUT2D eigenvalue weighted by Gasteiger charge is 2.38. The van der Waals surface area contributed by atoms with Crippen LogP contribution in [-0.2, 0) is 4.74 Å². The summed E-state index contributed by atoms with van der Waals surface area (Å²) in [6.07, 6.45) is 7.03. The molecule has 0 spiro atoms. The first-order valence-corrected chi connectivity index (χ1v) is 8.24. The average molecular weight is 268 g/mol. The summed E-state index contributed by atoms with van der Waals surface area (Å²) in [5, 5.41) is 3.57. The maximum Gasteiger partial charge on any atom is 0.0674 e. The second kappa shape index (κ2) is 7.05. The van der Waals surface area contributed by atoms with Gasteiger partial charge >= 0.3 is 0 Å². The van der Waals surface area contributed by atoms with Crippen molar-refractivity contribution in [2.75, 3.05) is 20.2 Å². The maximum atomic E-state index is 5.86. The highest BCUT2D eigenvalue weighted by molar-refractivity contribution is 4.94. The van der Waals surface area contributed by atoms with E-state index < -0.39 is 0 Å². The second-order valence-electron chi connectivity index (χ2n) is 6.45. The van der Waals surface area contributed by atoms with Gasteiger partial charge in [0, 0.05) is 24.7 Å². The fraction of sp³-hybridized carbons (Fsp3) is 1.00. The molecule has 19 heavy (non-hydrogen) atoms. The van der Waals surface area contributed by atoms with Crippen molar-refractivity contribution >= 4 is 0 Å². The molecule has 0 aromatic heterocycles. The van der Waals surface area contributed by atoms with Crippen molar-refractivity contribution in [3.63, 3.8) is 0 Å². The number of morpholine rings is 1. The monoisotopic (exact) mass is 268 g/mol. The van der Waals surface area contributed by atoms with E-state index in [9.17, 15) is 0 Å². The molecule has 1 aliphatic heterocycles. The zero-order valence-electron chi connectivity index (χ0n) is 13.2. The average Bonchev–Trinajstić information content (AvgIpc) is 2.46. The molecule has 1 N–H and O–H groups in total. The number of likely N-dealkylation sites (N-methyl/N-ethyl adjacent to an activating group) is 1. The molecule has 0 bridgehead atoms. The Morgan fingerprint density at radius 3 is 2.63 bits per heavy atom. The Hall–Kier alpha value is -0.120. The zero-order valence-corrected chi connectivity index (χ0v) is 13.2. The van der Waals surface area contributed by atoms with Gasteiger partial charge in [0.25, 0.3) is 0 Å². The first-order chi connectivity index (χ1) is 9.19. The van der Waals surface area contributed by atoms with E-state index in [0.29, 0.717) is 24.2 Å². The Morgan fingerprint density at radius 1 is 1.21 bits per heavy atom. The van der Waals surface area contributed by atoms with Crippen LogP contribution in [0.15, 0.2) is 0 Å². The summed E-state index contributed by atoms with van der Waals surface area (Å²) in [5.41, 5.74) is 0. The molecule has 1 saturated carbocycles. The molecule has 1 saturated heterocycles. The fourth-order valence-electron chi connectivity index (χ4n) is 3.93.